The van der Waals surface area contributed by atoms with E-state index in [0.717, 1.165) is 26.2 Å². The van der Waals surface area contributed by atoms with Crippen molar-refractivity contribution in [1.82, 2.24) is 5.32 Å². The number of hydrogen-bond donors (Lipinski definition) is 1. The van der Waals surface area contributed by atoms with Gasteiger partial charge in [0.05, 0.1) is 13.2 Å². The molecular weight excluding hydrogens is 190 g/mol. The lowest BCUT2D eigenvalue weighted by Crippen LogP contribution is -2.51. The predicted molar refractivity (Wildman–Crippen MR) is 62.1 cm³/mol. The first kappa shape index (κ1) is 12.9. The van der Waals surface area contributed by atoms with E-state index in [1.165, 1.54) is 6.42 Å². The molecule has 1 heterocycles. The van der Waals surface area contributed by atoms with Crippen LogP contribution in [0.1, 0.15) is 33.6 Å². The molecule has 0 spiro atoms. The van der Waals surface area contributed by atoms with Crippen molar-refractivity contribution in [2.45, 2.75) is 45.2 Å². The van der Waals surface area contributed by atoms with Gasteiger partial charge in [0, 0.05) is 25.3 Å². The van der Waals surface area contributed by atoms with Crippen molar-refractivity contribution in [3.05, 3.63) is 0 Å². The molecule has 0 saturated carbocycles. The zero-order valence-electron chi connectivity index (χ0n) is 10.5. The maximum Gasteiger partial charge on any atom is 0.0639 e. The molecule has 0 radical (unpaired) electrons. The molecule has 1 N–H and O–H groups in total. The molecular formula is C12H25NO2. The molecule has 2 atom stereocenters. The molecule has 0 amide bonds. The van der Waals surface area contributed by atoms with E-state index in [-0.39, 0.29) is 5.54 Å². The lowest BCUT2D eigenvalue weighted by atomic mass is 9.93. The second kappa shape index (κ2) is 5.83. The van der Waals surface area contributed by atoms with Crippen LogP contribution in [0.5, 0.6) is 0 Å². The Morgan fingerprint density at radius 3 is 2.73 bits per heavy atom. The summed E-state index contributed by atoms with van der Waals surface area (Å²) in [4.78, 5) is 0. The van der Waals surface area contributed by atoms with Crippen LogP contribution in [0.4, 0.5) is 0 Å². The Hall–Kier alpha value is -0.120. The zero-order chi connectivity index (χ0) is 11.3. The molecule has 0 aromatic rings. The Morgan fingerprint density at radius 1 is 1.53 bits per heavy atom. The van der Waals surface area contributed by atoms with Gasteiger partial charge in [-0.15, -0.1) is 0 Å². The van der Waals surface area contributed by atoms with E-state index in [1.807, 2.05) is 0 Å². The average molecular weight is 215 g/mol. The third-order valence-electron chi connectivity index (χ3n) is 3.06. The summed E-state index contributed by atoms with van der Waals surface area (Å²) in [5, 5.41) is 3.68. The second-order valence-corrected chi connectivity index (χ2v) is 5.10. The van der Waals surface area contributed by atoms with Crippen LogP contribution in [0, 0.1) is 5.92 Å². The van der Waals surface area contributed by atoms with Gasteiger partial charge in [0.2, 0.25) is 0 Å². The normalized spacial score (nSPS) is 24.4. The van der Waals surface area contributed by atoms with Gasteiger partial charge in [-0.25, -0.2) is 0 Å². The van der Waals surface area contributed by atoms with Crippen LogP contribution >= 0.6 is 0 Å². The SMILES string of the molecule is CCC(NC(C)(C)COC)C1CCOC1. The van der Waals surface area contributed by atoms with Crippen molar-refractivity contribution in [1.29, 1.82) is 0 Å². The number of rotatable bonds is 6. The van der Waals surface area contributed by atoms with E-state index in [9.17, 15) is 0 Å². The van der Waals surface area contributed by atoms with Gasteiger partial charge in [0.1, 0.15) is 0 Å². The summed E-state index contributed by atoms with van der Waals surface area (Å²) in [5.74, 6) is 0.672. The Bertz CT molecular complexity index is 176. The van der Waals surface area contributed by atoms with Crippen LogP contribution in [0.2, 0.25) is 0 Å². The highest BCUT2D eigenvalue weighted by atomic mass is 16.5. The summed E-state index contributed by atoms with van der Waals surface area (Å²) in [6.07, 6.45) is 2.34. The minimum absolute atomic E-state index is 0.0536. The lowest BCUT2D eigenvalue weighted by Gasteiger charge is -2.33. The van der Waals surface area contributed by atoms with Gasteiger partial charge in [-0.2, -0.15) is 0 Å². The maximum absolute atomic E-state index is 5.44. The molecule has 1 rings (SSSR count). The molecule has 15 heavy (non-hydrogen) atoms. The van der Waals surface area contributed by atoms with E-state index in [1.54, 1.807) is 7.11 Å². The Labute approximate surface area is 93.5 Å². The summed E-state index contributed by atoms with van der Waals surface area (Å²) >= 11 is 0. The molecule has 1 aliphatic heterocycles. The maximum atomic E-state index is 5.44. The smallest absolute Gasteiger partial charge is 0.0639 e. The van der Waals surface area contributed by atoms with E-state index >= 15 is 0 Å². The van der Waals surface area contributed by atoms with E-state index in [0.29, 0.717) is 12.0 Å². The molecule has 3 heteroatoms. The van der Waals surface area contributed by atoms with Gasteiger partial charge in [0.15, 0.2) is 0 Å². The Morgan fingerprint density at radius 2 is 2.27 bits per heavy atom. The molecule has 2 unspecified atom stereocenters. The molecule has 0 aromatic carbocycles. The highest BCUT2D eigenvalue weighted by Gasteiger charge is 2.29. The van der Waals surface area contributed by atoms with Gasteiger partial charge in [-0.3, -0.25) is 0 Å². The summed E-state index contributed by atoms with van der Waals surface area (Å²) < 4.78 is 10.7. The van der Waals surface area contributed by atoms with Crippen LogP contribution in [0.3, 0.4) is 0 Å². The molecule has 3 nitrogen and oxygen atoms in total. The molecule has 0 aromatic heterocycles. The van der Waals surface area contributed by atoms with Crippen molar-refractivity contribution in [3.8, 4) is 0 Å². The molecule has 0 bridgehead atoms. The van der Waals surface area contributed by atoms with Crippen molar-refractivity contribution >= 4 is 0 Å². The number of methoxy groups -OCH3 is 1. The molecule has 90 valence electrons. The molecule has 1 fully saturated rings. The number of nitrogens with one attached hydrogen (secondary N) is 1. The Balaban J connectivity index is 2.44. The minimum Gasteiger partial charge on any atom is -0.383 e. The van der Waals surface area contributed by atoms with Crippen LogP contribution in [0.15, 0.2) is 0 Å². The fourth-order valence-corrected chi connectivity index (χ4v) is 2.33. The Kier molecular flexibility index (Phi) is 5.03. The van der Waals surface area contributed by atoms with Gasteiger partial charge in [0.25, 0.3) is 0 Å². The van der Waals surface area contributed by atoms with Crippen molar-refractivity contribution in [2.75, 3.05) is 26.9 Å². The van der Waals surface area contributed by atoms with Gasteiger partial charge in [-0.05, 0) is 32.6 Å². The summed E-state index contributed by atoms with van der Waals surface area (Å²) in [5.41, 5.74) is 0.0536. The molecule has 1 aliphatic rings. The van der Waals surface area contributed by atoms with Gasteiger partial charge in [-0.1, -0.05) is 6.92 Å². The van der Waals surface area contributed by atoms with Crippen LogP contribution in [0.25, 0.3) is 0 Å². The van der Waals surface area contributed by atoms with Crippen molar-refractivity contribution in [2.24, 2.45) is 5.92 Å². The largest absolute Gasteiger partial charge is 0.383 e. The highest BCUT2D eigenvalue weighted by molar-refractivity contribution is 4.86. The fraction of sp³-hybridized carbons (Fsp3) is 1.00. The van der Waals surface area contributed by atoms with E-state index < -0.39 is 0 Å². The number of ether oxygens (including phenoxy) is 2. The van der Waals surface area contributed by atoms with Crippen LogP contribution in [-0.4, -0.2) is 38.5 Å². The quantitative estimate of drug-likeness (QED) is 0.733. The van der Waals surface area contributed by atoms with Gasteiger partial charge < -0.3 is 14.8 Å². The highest BCUT2D eigenvalue weighted by Crippen LogP contribution is 2.21. The summed E-state index contributed by atoms with van der Waals surface area (Å²) in [7, 11) is 1.75. The van der Waals surface area contributed by atoms with Crippen molar-refractivity contribution < 1.29 is 9.47 Å². The third kappa shape index (κ3) is 4.09. The van der Waals surface area contributed by atoms with Crippen molar-refractivity contribution in [3.63, 3.8) is 0 Å². The first-order valence-electron chi connectivity index (χ1n) is 5.93. The summed E-state index contributed by atoms with van der Waals surface area (Å²) in [6.45, 7) is 9.20. The third-order valence-corrected chi connectivity index (χ3v) is 3.06. The van der Waals surface area contributed by atoms with Crippen LogP contribution in [-0.2, 0) is 9.47 Å². The topological polar surface area (TPSA) is 30.5 Å². The van der Waals surface area contributed by atoms with Gasteiger partial charge >= 0.3 is 0 Å². The second-order valence-electron chi connectivity index (χ2n) is 5.10. The lowest BCUT2D eigenvalue weighted by molar-refractivity contribution is 0.107. The number of hydrogen-bond acceptors (Lipinski definition) is 3. The minimum atomic E-state index is 0.0536. The fourth-order valence-electron chi connectivity index (χ4n) is 2.33. The first-order valence-corrected chi connectivity index (χ1v) is 5.93. The van der Waals surface area contributed by atoms with E-state index in [2.05, 4.69) is 26.1 Å². The average Bonchev–Trinajstić information content (AvgIpc) is 2.67. The first-order chi connectivity index (χ1) is 7.09. The molecule has 0 aliphatic carbocycles. The van der Waals surface area contributed by atoms with Crippen LogP contribution < -0.4 is 5.32 Å². The molecule has 1 saturated heterocycles. The van der Waals surface area contributed by atoms with E-state index in [4.69, 9.17) is 9.47 Å². The summed E-state index contributed by atoms with van der Waals surface area (Å²) in [6, 6.07) is 0.553. The monoisotopic (exact) mass is 215 g/mol. The predicted octanol–water partition coefficient (Wildman–Crippen LogP) is 1.82. The standard InChI is InChI=1S/C12H25NO2/c1-5-11(10-6-7-15-8-10)13-12(2,3)9-14-4/h10-11,13H,5-9H2,1-4H3. The zero-order valence-corrected chi connectivity index (χ0v) is 10.5.